The monoisotopic (exact) mass is 429 g/mol. The maximum atomic E-state index is 13.0. The van der Waals surface area contributed by atoms with Crippen LogP contribution in [0.3, 0.4) is 0 Å². The summed E-state index contributed by atoms with van der Waals surface area (Å²) in [6.45, 7) is 11.6. The van der Waals surface area contributed by atoms with Gasteiger partial charge in [0.15, 0.2) is 0 Å². The third-order valence-electron chi connectivity index (χ3n) is 5.35. The number of aryl methyl sites for hydroxylation is 3. The molecular weight excluding hydrogens is 394 g/mol. The average molecular weight is 430 g/mol. The minimum atomic E-state index is -3.65. The van der Waals surface area contributed by atoms with Crippen LogP contribution in [0.1, 0.15) is 74.1 Å². The minimum Gasteiger partial charge on any atom is -0.513 e. The molecule has 4 nitrogen and oxygen atoms in total. The number of aliphatic hydroxyl groups is 1. The first-order valence-electron chi connectivity index (χ1n) is 10.7. The Labute approximate surface area is 182 Å². The molecule has 0 fully saturated rings. The summed E-state index contributed by atoms with van der Waals surface area (Å²) in [6, 6.07) is 11.3. The second kappa shape index (κ2) is 10.7. The van der Waals surface area contributed by atoms with Gasteiger partial charge in [0.2, 0.25) is 0 Å². The lowest BCUT2D eigenvalue weighted by molar-refractivity contribution is 0.383. The molecule has 0 aliphatic carbocycles. The van der Waals surface area contributed by atoms with Crippen molar-refractivity contribution in [3.8, 4) is 0 Å². The summed E-state index contributed by atoms with van der Waals surface area (Å²) in [6.07, 6.45) is 5.49. The fourth-order valence-corrected chi connectivity index (χ4v) is 4.84. The number of rotatable bonds is 11. The summed E-state index contributed by atoms with van der Waals surface area (Å²) in [7, 11) is -3.65. The molecule has 30 heavy (non-hydrogen) atoms. The van der Waals surface area contributed by atoms with E-state index in [0.717, 1.165) is 48.8 Å². The number of sulfonamides is 1. The molecule has 0 atom stereocenters. The van der Waals surface area contributed by atoms with Gasteiger partial charge in [0.05, 0.1) is 16.3 Å². The molecular formula is C25H35NO3S. The zero-order valence-corrected chi connectivity index (χ0v) is 19.5. The Bertz CT molecular complexity index is 955. The smallest absolute Gasteiger partial charge is 0.261 e. The van der Waals surface area contributed by atoms with Crippen molar-refractivity contribution in [1.29, 1.82) is 0 Å². The van der Waals surface area contributed by atoms with Crippen molar-refractivity contribution in [2.75, 3.05) is 4.72 Å². The van der Waals surface area contributed by atoms with Crippen molar-refractivity contribution < 1.29 is 13.5 Å². The highest BCUT2D eigenvalue weighted by molar-refractivity contribution is 7.92. The number of aliphatic hydroxyl groups excluding tert-OH is 1. The topological polar surface area (TPSA) is 66.4 Å². The molecule has 0 aliphatic rings. The van der Waals surface area contributed by atoms with Gasteiger partial charge in [-0.3, -0.25) is 4.72 Å². The molecule has 2 aromatic rings. The van der Waals surface area contributed by atoms with Gasteiger partial charge in [-0.05, 0) is 73.4 Å². The summed E-state index contributed by atoms with van der Waals surface area (Å²) < 4.78 is 28.8. The fraction of sp³-hybridized carbons (Fsp3) is 0.440. The molecule has 0 amide bonds. The number of benzene rings is 2. The van der Waals surface area contributed by atoms with E-state index in [0.29, 0.717) is 22.9 Å². The van der Waals surface area contributed by atoms with Crippen molar-refractivity contribution in [2.24, 2.45) is 0 Å². The van der Waals surface area contributed by atoms with E-state index in [1.807, 2.05) is 19.9 Å². The Morgan fingerprint density at radius 1 is 1.03 bits per heavy atom. The van der Waals surface area contributed by atoms with Gasteiger partial charge in [-0.25, -0.2) is 8.42 Å². The van der Waals surface area contributed by atoms with Gasteiger partial charge in [0, 0.05) is 6.42 Å². The standard InChI is InChI=1S/C25H35NO3S/c1-18(2)23-15-19(3)25(20(4)16-23)26-30(28,29)24-14-10-13-22(17-24)12-9-7-6-8-11-21(5)27/h10,13-18,26-27H,5-9,11-12H2,1-4H3. The third-order valence-corrected chi connectivity index (χ3v) is 6.70. The molecule has 0 saturated carbocycles. The predicted octanol–water partition coefficient (Wildman–Crippen LogP) is 6.79. The van der Waals surface area contributed by atoms with Crippen LogP contribution >= 0.6 is 0 Å². The molecule has 0 unspecified atom stereocenters. The van der Waals surface area contributed by atoms with Crippen LogP contribution in [0.15, 0.2) is 53.6 Å². The highest BCUT2D eigenvalue weighted by Gasteiger charge is 2.18. The van der Waals surface area contributed by atoms with Crippen LogP contribution in [-0.2, 0) is 16.4 Å². The van der Waals surface area contributed by atoms with E-state index in [1.165, 1.54) is 5.56 Å². The zero-order valence-electron chi connectivity index (χ0n) is 18.7. The van der Waals surface area contributed by atoms with Crippen LogP contribution in [-0.4, -0.2) is 13.5 Å². The molecule has 164 valence electrons. The lowest BCUT2D eigenvalue weighted by atomic mass is 9.97. The van der Waals surface area contributed by atoms with E-state index in [-0.39, 0.29) is 5.76 Å². The largest absolute Gasteiger partial charge is 0.513 e. The Balaban J connectivity index is 2.06. The molecule has 2 rings (SSSR count). The Morgan fingerprint density at radius 3 is 2.27 bits per heavy atom. The number of hydrogen-bond donors (Lipinski definition) is 2. The Kier molecular flexibility index (Phi) is 8.54. The predicted molar refractivity (Wildman–Crippen MR) is 126 cm³/mol. The highest BCUT2D eigenvalue weighted by atomic mass is 32.2. The highest BCUT2D eigenvalue weighted by Crippen LogP contribution is 2.28. The molecule has 2 aromatic carbocycles. The third kappa shape index (κ3) is 6.91. The van der Waals surface area contributed by atoms with Crippen LogP contribution in [0.2, 0.25) is 0 Å². The number of anilines is 1. The van der Waals surface area contributed by atoms with E-state index >= 15 is 0 Å². The van der Waals surface area contributed by atoms with Crippen LogP contribution < -0.4 is 4.72 Å². The molecule has 0 aliphatic heterocycles. The van der Waals surface area contributed by atoms with Crippen LogP contribution in [0.5, 0.6) is 0 Å². The molecule has 0 saturated heterocycles. The first-order valence-corrected chi connectivity index (χ1v) is 12.2. The van der Waals surface area contributed by atoms with Crippen LogP contribution in [0, 0.1) is 13.8 Å². The number of allylic oxidation sites excluding steroid dienone is 1. The Hall–Kier alpha value is -2.27. The van der Waals surface area contributed by atoms with Crippen molar-refractivity contribution >= 4 is 15.7 Å². The maximum Gasteiger partial charge on any atom is 0.261 e. The second-order valence-electron chi connectivity index (χ2n) is 8.42. The van der Waals surface area contributed by atoms with Gasteiger partial charge in [-0.2, -0.15) is 0 Å². The van der Waals surface area contributed by atoms with Crippen molar-refractivity contribution in [3.05, 3.63) is 71.0 Å². The molecule has 0 aromatic heterocycles. The summed E-state index contributed by atoms with van der Waals surface area (Å²) in [5.41, 5.74) is 4.76. The van der Waals surface area contributed by atoms with Gasteiger partial charge in [0.1, 0.15) is 0 Å². The van der Waals surface area contributed by atoms with Gasteiger partial charge in [-0.1, -0.05) is 57.5 Å². The normalized spacial score (nSPS) is 11.6. The molecule has 0 radical (unpaired) electrons. The van der Waals surface area contributed by atoms with Crippen molar-refractivity contribution in [2.45, 2.75) is 77.0 Å². The lowest BCUT2D eigenvalue weighted by Crippen LogP contribution is -2.15. The summed E-state index contributed by atoms with van der Waals surface area (Å²) in [5.74, 6) is 0.636. The number of hydrogen-bond acceptors (Lipinski definition) is 3. The Morgan fingerprint density at radius 2 is 1.67 bits per heavy atom. The van der Waals surface area contributed by atoms with Crippen LogP contribution in [0.4, 0.5) is 5.69 Å². The first kappa shape index (κ1) is 24.0. The summed E-state index contributed by atoms with van der Waals surface area (Å²) in [4.78, 5) is 0.295. The molecule has 5 heteroatoms. The molecule has 0 spiro atoms. The maximum absolute atomic E-state index is 13.0. The fourth-order valence-electron chi connectivity index (χ4n) is 3.56. The quantitative estimate of drug-likeness (QED) is 0.305. The van der Waals surface area contributed by atoms with E-state index in [9.17, 15) is 8.42 Å². The minimum absolute atomic E-state index is 0.240. The first-order chi connectivity index (χ1) is 14.1. The summed E-state index contributed by atoms with van der Waals surface area (Å²) >= 11 is 0. The van der Waals surface area contributed by atoms with Crippen LogP contribution in [0.25, 0.3) is 0 Å². The average Bonchev–Trinajstić information content (AvgIpc) is 2.67. The van der Waals surface area contributed by atoms with Crippen molar-refractivity contribution in [1.82, 2.24) is 0 Å². The second-order valence-corrected chi connectivity index (χ2v) is 10.1. The van der Waals surface area contributed by atoms with E-state index < -0.39 is 10.0 Å². The van der Waals surface area contributed by atoms with Gasteiger partial charge >= 0.3 is 0 Å². The number of unbranched alkanes of at least 4 members (excludes halogenated alkanes) is 3. The lowest BCUT2D eigenvalue weighted by Gasteiger charge is -2.17. The molecule has 0 heterocycles. The summed E-state index contributed by atoms with van der Waals surface area (Å²) in [5, 5.41) is 9.11. The zero-order chi connectivity index (χ0) is 22.3. The van der Waals surface area contributed by atoms with Gasteiger partial charge in [0.25, 0.3) is 10.0 Å². The number of nitrogens with one attached hydrogen (secondary N) is 1. The van der Waals surface area contributed by atoms with Crippen molar-refractivity contribution in [3.63, 3.8) is 0 Å². The van der Waals surface area contributed by atoms with Gasteiger partial charge < -0.3 is 5.11 Å². The molecule has 2 N–H and O–H groups in total. The van der Waals surface area contributed by atoms with Gasteiger partial charge in [-0.15, -0.1) is 0 Å². The van der Waals surface area contributed by atoms with E-state index in [1.54, 1.807) is 18.2 Å². The van der Waals surface area contributed by atoms with E-state index in [4.69, 9.17) is 5.11 Å². The molecule has 0 bridgehead atoms. The van der Waals surface area contributed by atoms with E-state index in [2.05, 4.69) is 37.3 Å². The SMILES string of the molecule is C=C(O)CCCCCCc1cccc(S(=O)(=O)Nc2c(C)cc(C(C)C)cc2C)c1.